The minimum absolute atomic E-state index is 0.174. The van der Waals surface area contributed by atoms with Crippen LogP contribution in [0.5, 0.6) is 10.8 Å². The highest BCUT2D eigenvalue weighted by atomic mass is 32.2. The minimum atomic E-state index is -3.34. The molecule has 2 aromatic carbocycles. The molecule has 1 unspecified atom stereocenters. The molecule has 39 heavy (non-hydrogen) atoms. The third-order valence-corrected chi connectivity index (χ3v) is 9.49. The Kier molecular flexibility index (Phi) is 8.26. The third kappa shape index (κ3) is 6.64. The van der Waals surface area contributed by atoms with Crippen LogP contribution >= 0.6 is 11.3 Å². The van der Waals surface area contributed by atoms with Gasteiger partial charge in [0.05, 0.1) is 35.1 Å². The summed E-state index contributed by atoms with van der Waals surface area (Å²) < 4.78 is 47.3. The summed E-state index contributed by atoms with van der Waals surface area (Å²) in [6.07, 6.45) is 3.02. The molecule has 0 bridgehead atoms. The van der Waals surface area contributed by atoms with E-state index in [2.05, 4.69) is 10.3 Å². The van der Waals surface area contributed by atoms with Gasteiger partial charge in [-0.2, -0.15) is 0 Å². The second-order valence-corrected chi connectivity index (χ2v) is 12.5. The van der Waals surface area contributed by atoms with Crippen molar-refractivity contribution in [2.75, 3.05) is 25.6 Å². The molecule has 1 amide bonds. The lowest BCUT2D eigenvalue weighted by atomic mass is 10.1. The molecule has 3 aromatic rings. The molecule has 1 N–H and O–H groups in total. The van der Waals surface area contributed by atoms with Crippen molar-refractivity contribution in [3.63, 3.8) is 0 Å². The number of carbonyl (C=O) groups is 2. The lowest BCUT2D eigenvalue weighted by Gasteiger charge is -2.27. The Morgan fingerprint density at radius 3 is 2.36 bits per heavy atom. The largest absolute Gasteiger partial charge is 0.465 e. The topological polar surface area (TPSA) is 130 Å². The van der Waals surface area contributed by atoms with E-state index in [9.17, 15) is 18.0 Å². The van der Waals surface area contributed by atoms with Gasteiger partial charge in [0.25, 0.3) is 5.91 Å². The molecule has 10 nitrogen and oxygen atoms in total. The van der Waals surface area contributed by atoms with Gasteiger partial charge in [0, 0.05) is 13.2 Å². The first-order valence-electron chi connectivity index (χ1n) is 12.5. The van der Waals surface area contributed by atoms with Gasteiger partial charge < -0.3 is 18.9 Å². The van der Waals surface area contributed by atoms with Crippen molar-refractivity contribution < 1.29 is 37.0 Å². The Morgan fingerprint density at radius 2 is 1.72 bits per heavy atom. The van der Waals surface area contributed by atoms with Crippen molar-refractivity contribution in [1.29, 1.82) is 0 Å². The quantitative estimate of drug-likeness (QED) is 0.348. The van der Waals surface area contributed by atoms with Crippen molar-refractivity contribution in [2.45, 2.75) is 48.0 Å². The number of ether oxygens (including phenoxy) is 4. The Balaban J connectivity index is 1.29. The summed E-state index contributed by atoms with van der Waals surface area (Å²) in [5, 5.41) is 3.23. The third-order valence-electron chi connectivity index (χ3n) is 6.42. The normalized spacial score (nSPS) is 16.8. The average molecular weight is 573 g/mol. The number of sulfone groups is 1. The number of nitrogens with one attached hydrogen (secondary N) is 1. The fourth-order valence-electron chi connectivity index (χ4n) is 4.13. The van der Waals surface area contributed by atoms with Gasteiger partial charge in [-0.3, -0.25) is 10.1 Å². The standard InChI is InChI=1S/C27H28N2O8S2/c1-34-26(31)18-2-6-19(7-3-18)36-23-16-28-27(38-23)29-25(30)24(37-20-12-14-35-15-13-20)17-4-8-21(9-5-17)39(32,33)22-10-11-22/h2-9,16,20,22,24H,10-15H2,1H3,(H,28,29,30). The predicted molar refractivity (Wildman–Crippen MR) is 143 cm³/mol. The second kappa shape index (κ2) is 11.8. The number of aromatic nitrogens is 1. The van der Waals surface area contributed by atoms with E-state index in [-0.39, 0.29) is 16.2 Å². The maximum atomic E-state index is 13.4. The number of esters is 1. The first-order valence-corrected chi connectivity index (χ1v) is 14.9. The van der Waals surface area contributed by atoms with Crippen LogP contribution in [-0.4, -0.2) is 57.0 Å². The van der Waals surface area contributed by atoms with E-state index in [0.717, 1.165) is 11.3 Å². The molecular formula is C27H28N2O8S2. The number of hydrogen-bond acceptors (Lipinski definition) is 10. The molecule has 12 heteroatoms. The SMILES string of the molecule is COC(=O)c1ccc(Oc2cnc(NC(=O)C(OC3CCOCC3)c3ccc(S(=O)(=O)C4CC4)cc3)s2)cc1. The van der Waals surface area contributed by atoms with Gasteiger partial charge in [-0.1, -0.05) is 23.5 Å². The summed E-state index contributed by atoms with van der Waals surface area (Å²) in [4.78, 5) is 29.5. The molecular weight excluding hydrogens is 544 g/mol. The van der Waals surface area contributed by atoms with E-state index in [4.69, 9.17) is 18.9 Å². The number of amides is 1. The maximum Gasteiger partial charge on any atom is 0.337 e. The highest BCUT2D eigenvalue weighted by Crippen LogP contribution is 2.35. The number of rotatable bonds is 10. The van der Waals surface area contributed by atoms with Gasteiger partial charge in [-0.05, 0) is 67.6 Å². The zero-order chi connectivity index (χ0) is 27.4. The molecule has 1 aliphatic heterocycles. The summed E-state index contributed by atoms with van der Waals surface area (Å²) in [5.74, 6) is -0.380. The highest BCUT2D eigenvalue weighted by molar-refractivity contribution is 7.92. The summed E-state index contributed by atoms with van der Waals surface area (Å²) >= 11 is 1.13. The molecule has 1 atom stereocenters. The van der Waals surface area contributed by atoms with E-state index in [0.29, 0.717) is 66.0 Å². The predicted octanol–water partition coefficient (Wildman–Crippen LogP) is 4.53. The molecule has 1 aromatic heterocycles. The van der Waals surface area contributed by atoms with Crippen LogP contribution in [0.2, 0.25) is 0 Å². The van der Waals surface area contributed by atoms with Crippen molar-refractivity contribution in [3.05, 3.63) is 65.9 Å². The van der Waals surface area contributed by atoms with Crippen LogP contribution in [0.1, 0.15) is 47.7 Å². The van der Waals surface area contributed by atoms with Crippen LogP contribution < -0.4 is 10.1 Å². The number of methoxy groups -OCH3 is 1. The van der Waals surface area contributed by atoms with Crippen molar-refractivity contribution in [1.82, 2.24) is 4.98 Å². The number of hydrogen-bond donors (Lipinski definition) is 1. The van der Waals surface area contributed by atoms with Gasteiger partial charge in [-0.15, -0.1) is 0 Å². The molecule has 1 saturated heterocycles. The van der Waals surface area contributed by atoms with Gasteiger partial charge in [0.2, 0.25) is 5.06 Å². The zero-order valence-electron chi connectivity index (χ0n) is 21.2. The van der Waals surface area contributed by atoms with E-state index in [1.54, 1.807) is 36.4 Å². The Bertz CT molecular complexity index is 1410. The molecule has 2 fully saturated rings. The van der Waals surface area contributed by atoms with E-state index >= 15 is 0 Å². The Hall–Kier alpha value is -3.32. The van der Waals surface area contributed by atoms with Gasteiger partial charge >= 0.3 is 5.97 Å². The van der Waals surface area contributed by atoms with Crippen molar-refractivity contribution in [2.24, 2.45) is 0 Å². The van der Waals surface area contributed by atoms with Crippen LogP contribution in [0.3, 0.4) is 0 Å². The van der Waals surface area contributed by atoms with Gasteiger partial charge in [-0.25, -0.2) is 18.2 Å². The molecule has 1 aliphatic carbocycles. The fourth-order valence-corrected chi connectivity index (χ4v) is 6.48. The summed E-state index contributed by atoms with van der Waals surface area (Å²) in [6.45, 7) is 1.09. The average Bonchev–Trinajstić information content (AvgIpc) is 3.74. The molecule has 5 rings (SSSR count). The van der Waals surface area contributed by atoms with Crippen molar-refractivity contribution >= 4 is 38.2 Å². The maximum absolute atomic E-state index is 13.4. The van der Waals surface area contributed by atoms with Crippen LogP contribution in [0.4, 0.5) is 5.13 Å². The number of nitrogens with zero attached hydrogens (tertiary/aromatic N) is 1. The molecule has 2 heterocycles. The van der Waals surface area contributed by atoms with Gasteiger partial charge in [0.1, 0.15) is 5.75 Å². The lowest BCUT2D eigenvalue weighted by Crippen LogP contribution is -2.31. The van der Waals surface area contributed by atoms with E-state index in [1.807, 2.05) is 0 Å². The number of benzene rings is 2. The zero-order valence-corrected chi connectivity index (χ0v) is 22.8. The molecule has 0 radical (unpaired) electrons. The first-order chi connectivity index (χ1) is 18.8. The second-order valence-electron chi connectivity index (χ2n) is 9.23. The smallest absolute Gasteiger partial charge is 0.337 e. The number of anilines is 1. The first kappa shape index (κ1) is 27.3. The lowest BCUT2D eigenvalue weighted by molar-refractivity contribution is -0.136. The summed E-state index contributed by atoms with van der Waals surface area (Å²) in [6, 6.07) is 12.8. The molecule has 2 aliphatic rings. The fraction of sp³-hybridized carbons (Fsp3) is 0.370. The number of thiazole rings is 1. The Labute approximate surface area is 230 Å². The van der Waals surface area contributed by atoms with E-state index in [1.165, 1.54) is 25.4 Å². The number of carbonyl (C=O) groups excluding carboxylic acids is 2. The molecule has 1 saturated carbocycles. The molecule has 0 spiro atoms. The monoisotopic (exact) mass is 572 g/mol. The van der Waals surface area contributed by atoms with Crippen molar-refractivity contribution in [3.8, 4) is 10.8 Å². The molecule has 206 valence electrons. The highest BCUT2D eigenvalue weighted by Gasteiger charge is 2.37. The summed E-state index contributed by atoms with van der Waals surface area (Å²) in [5.41, 5.74) is 0.948. The van der Waals surface area contributed by atoms with Crippen LogP contribution in [-0.2, 0) is 28.8 Å². The Morgan fingerprint density at radius 1 is 1.03 bits per heavy atom. The van der Waals surface area contributed by atoms with Crippen LogP contribution in [0.15, 0.2) is 59.6 Å². The van der Waals surface area contributed by atoms with E-state index < -0.39 is 27.8 Å². The van der Waals surface area contributed by atoms with Gasteiger partial charge in [0.15, 0.2) is 21.1 Å². The van der Waals surface area contributed by atoms with Crippen LogP contribution in [0, 0.1) is 0 Å². The van der Waals surface area contributed by atoms with Crippen LogP contribution in [0.25, 0.3) is 0 Å². The minimum Gasteiger partial charge on any atom is -0.465 e. The summed E-state index contributed by atoms with van der Waals surface area (Å²) in [7, 11) is -2.03.